The Morgan fingerprint density at radius 2 is 1.86 bits per heavy atom. The van der Waals surface area contributed by atoms with Crippen LogP contribution in [0.2, 0.25) is 0 Å². The van der Waals surface area contributed by atoms with Crippen molar-refractivity contribution in [2.45, 2.75) is 20.3 Å². The van der Waals surface area contributed by atoms with Gasteiger partial charge < -0.3 is 9.80 Å². The molecule has 1 rings (SSSR count). The van der Waals surface area contributed by atoms with Gasteiger partial charge in [0.25, 0.3) is 0 Å². The van der Waals surface area contributed by atoms with Gasteiger partial charge in [-0.2, -0.15) is 5.26 Å². The summed E-state index contributed by atoms with van der Waals surface area (Å²) in [6.07, 6.45) is 1.24. The van der Waals surface area contributed by atoms with Gasteiger partial charge in [-0.3, -0.25) is 0 Å². The lowest BCUT2D eigenvalue weighted by atomic mass is 10.2. The van der Waals surface area contributed by atoms with E-state index in [1.807, 2.05) is 6.92 Å². The van der Waals surface area contributed by atoms with Crippen molar-refractivity contribution in [1.82, 2.24) is 9.80 Å². The van der Waals surface area contributed by atoms with Gasteiger partial charge in [0, 0.05) is 19.6 Å². The fraction of sp³-hybridized carbons (Fsp3) is 0.909. The molecule has 0 aromatic carbocycles. The lowest BCUT2D eigenvalue weighted by Gasteiger charge is -2.21. The molecular weight excluding hydrogens is 174 g/mol. The van der Waals surface area contributed by atoms with E-state index in [4.69, 9.17) is 5.26 Å². The van der Waals surface area contributed by atoms with Gasteiger partial charge in [-0.25, -0.2) is 0 Å². The minimum absolute atomic E-state index is 0.170. The Bertz CT molecular complexity index is 197. The molecule has 3 nitrogen and oxygen atoms in total. The van der Waals surface area contributed by atoms with Crippen LogP contribution in [0, 0.1) is 17.2 Å². The van der Waals surface area contributed by atoms with Gasteiger partial charge in [0.1, 0.15) is 0 Å². The molecule has 0 aromatic rings. The van der Waals surface area contributed by atoms with Crippen LogP contribution in [0.1, 0.15) is 20.3 Å². The van der Waals surface area contributed by atoms with Crippen LogP contribution in [-0.2, 0) is 0 Å². The molecule has 1 fully saturated rings. The van der Waals surface area contributed by atoms with Crippen LogP contribution in [0.4, 0.5) is 0 Å². The fourth-order valence-corrected chi connectivity index (χ4v) is 1.95. The molecule has 14 heavy (non-hydrogen) atoms. The number of likely N-dealkylation sites (N-methyl/N-ethyl adjacent to an activating group) is 1. The van der Waals surface area contributed by atoms with Gasteiger partial charge in [-0.15, -0.1) is 0 Å². The minimum Gasteiger partial charge on any atom is -0.302 e. The van der Waals surface area contributed by atoms with E-state index in [1.165, 1.54) is 13.0 Å². The van der Waals surface area contributed by atoms with E-state index in [0.717, 1.165) is 32.7 Å². The average molecular weight is 195 g/mol. The van der Waals surface area contributed by atoms with Crippen LogP contribution in [0.3, 0.4) is 0 Å². The lowest BCUT2D eigenvalue weighted by molar-refractivity contribution is 0.250. The first-order valence-electron chi connectivity index (χ1n) is 5.60. The topological polar surface area (TPSA) is 30.3 Å². The molecule has 0 aromatic heterocycles. The molecule has 0 radical (unpaired) electrons. The summed E-state index contributed by atoms with van der Waals surface area (Å²) in [4.78, 5) is 4.90. The highest BCUT2D eigenvalue weighted by Gasteiger charge is 2.14. The number of hydrogen-bond donors (Lipinski definition) is 0. The van der Waals surface area contributed by atoms with Gasteiger partial charge in [0.2, 0.25) is 0 Å². The summed E-state index contributed by atoms with van der Waals surface area (Å²) in [6.45, 7) is 11.0. The normalized spacial score (nSPS) is 22.6. The summed E-state index contributed by atoms with van der Waals surface area (Å²) in [5.74, 6) is 0.170. The highest BCUT2D eigenvalue weighted by atomic mass is 15.2. The Hall–Kier alpha value is -0.590. The monoisotopic (exact) mass is 195 g/mol. The Balaban J connectivity index is 2.31. The Labute approximate surface area is 87.3 Å². The first kappa shape index (κ1) is 11.5. The van der Waals surface area contributed by atoms with E-state index in [2.05, 4.69) is 22.8 Å². The van der Waals surface area contributed by atoms with Crippen LogP contribution < -0.4 is 0 Å². The molecule has 1 aliphatic rings. The van der Waals surface area contributed by atoms with Crippen LogP contribution in [0.15, 0.2) is 0 Å². The van der Waals surface area contributed by atoms with Crippen molar-refractivity contribution in [2.75, 3.05) is 39.3 Å². The summed E-state index contributed by atoms with van der Waals surface area (Å²) in [7, 11) is 0. The third-order valence-corrected chi connectivity index (χ3v) is 2.88. The van der Waals surface area contributed by atoms with E-state index in [-0.39, 0.29) is 5.92 Å². The Morgan fingerprint density at radius 3 is 2.50 bits per heavy atom. The summed E-state index contributed by atoms with van der Waals surface area (Å²) in [5, 5.41) is 8.75. The van der Waals surface area contributed by atoms with Crippen molar-refractivity contribution in [3.05, 3.63) is 0 Å². The number of nitriles is 1. The summed E-state index contributed by atoms with van der Waals surface area (Å²) < 4.78 is 0. The van der Waals surface area contributed by atoms with Gasteiger partial charge in [-0.1, -0.05) is 6.92 Å². The molecule has 0 spiro atoms. The van der Waals surface area contributed by atoms with Crippen molar-refractivity contribution in [2.24, 2.45) is 5.92 Å². The summed E-state index contributed by atoms with van der Waals surface area (Å²) in [5.41, 5.74) is 0. The average Bonchev–Trinajstić information content (AvgIpc) is 2.43. The summed E-state index contributed by atoms with van der Waals surface area (Å²) in [6, 6.07) is 2.30. The van der Waals surface area contributed by atoms with Crippen molar-refractivity contribution in [3.8, 4) is 6.07 Å². The second kappa shape index (κ2) is 6.00. The van der Waals surface area contributed by atoms with E-state index in [1.54, 1.807) is 0 Å². The molecule has 1 saturated heterocycles. The quantitative estimate of drug-likeness (QED) is 0.677. The SMILES string of the molecule is CCN1CCCN(CC(C)C#N)CC1. The maximum Gasteiger partial charge on any atom is 0.0666 e. The third-order valence-electron chi connectivity index (χ3n) is 2.88. The molecule has 0 aliphatic carbocycles. The maximum atomic E-state index is 8.75. The molecule has 1 unspecified atom stereocenters. The molecule has 1 aliphatic heterocycles. The van der Waals surface area contributed by atoms with E-state index >= 15 is 0 Å². The number of rotatable bonds is 3. The second-order valence-electron chi connectivity index (χ2n) is 4.12. The fourth-order valence-electron chi connectivity index (χ4n) is 1.95. The molecule has 0 amide bonds. The molecular formula is C11H21N3. The first-order valence-corrected chi connectivity index (χ1v) is 5.60. The molecule has 0 N–H and O–H groups in total. The second-order valence-corrected chi connectivity index (χ2v) is 4.12. The van der Waals surface area contributed by atoms with Crippen molar-refractivity contribution in [1.29, 1.82) is 5.26 Å². The molecule has 0 saturated carbocycles. The van der Waals surface area contributed by atoms with E-state index in [0.29, 0.717) is 0 Å². The zero-order valence-electron chi connectivity index (χ0n) is 9.37. The van der Waals surface area contributed by atoms with Crippen molar-refractivity contribution in [3.63, 3.8) is 0 Å². The molecule has 80 valence electrons. The van der Waals surface area contributed by atoms with Crippen LogP contribution in [0.5, 0.6) is 0 Å². The third kappa shape index (κ3) is 3.65. The molecule has 0 bridgehead atoms. The van der Waals surface area contributed by atoms with Gasteiger partial charge in [0.15, 0.2) is 0 Å². The maximum absolute atomic E-state index is 8.75. The molecule has 1 heterocycles. The number of nitrogens with zero attached hydrogens (tertiary/aromatic N) is 3. The van der Waals surface area contributed by atoms with E-state index in [9.17, 15) is 0 Å². The lowest BCUT2D eigenvalue weighted by Crippen LogP contribution is -2.33. The highest BCUT2D eigenvalue weighted by molar-refractivity contribution is 4.82. The van der Waals surface area contributed by atoms with Crippen LogP contribution in [0.25, 0.3) is 0 Å². The smallest absolute Gasteiger partial charge is 0.0666 e. The Morgan fingerprint density at radius 1 is 1.21 bits per heavy atom. The zero-order chi connectivity index (χ0) is 10.4. The molecule has 3 heteroatoms. The van der Waals surface area contributed by atoms with Crippen molar-refractivity contribution < 1.29 is 0 Å². The predicted molar refractivity (Wildman–Crippen MR) is 57.9 cm³/mol. The van der Waals surface area contributed by atoms with E-state index < -0.39 is 0 Å². The van der Waals surface area contributed by atoms with Gasteiger partial charge in [-0.05, 0) is 33.0 Å². The van der Waals surface area contributed by atoms with Gasteiger partial charge >= 0.3 is 0 Å². The predicted octanol–water partition coefficient (Wildman–Crippen LogP) is 1.17. The number of hydrogen-bond acceptors (Lipinski definition) is 3. The minimum atomic E-state index is 0.170. The first-order chi connectivity index (χ1) is 6.76. The van der Waals surface area contributed by atoms with Gasteiger partial charge in [0.05, 0.1) is 12.0 Å². The van der Waals surface area contributed by atoms with Crippen LogP contribution >= 0.6 is 0 Å². The van der Waals surface area contributed by atoms with Crippen molar-refractivity contribution >= 4 is 0 Å². The Kier molecular flexibility index (Phi) is 4.92. The molecule has 1 atom stereocenters. The highest BCUT2D eigenvalue weighted by Crippen LogP contribution is 2.05. The zero-order valence-corrected chi connectivity index (χ0v) is 9.37. The van der Waals surface area contributed by atoms with Crippen LogP contribution in [-0.4, -0.2) is 49.1 Å². The standard InChI is InChI=1S/C11H21N3/c1-3-13-5-4-6-14(8-7-13)10-11(2)9-12/h11H,3-8,10H2,1-2H3. The summed E-state index contributed by atoms with van der Waals surface area (Å²) >= 11 is 0. The largest absolute Gasteiger partial charge is 0.302 e.